The number of fused-ring (bicyclic) bond motifs is 1. The van der Waals surface area contributed by atoms with Gasteiger partial charge in [-0.1, -0.05) is 24.3 Å². The van der Waals surface area contributed by atoms with Crippen LogP contribution in [0.25, 0.3) is 0 Å². The summed E-state index contributed by atoms with van der Waals surface area (Å²) < 4.78 is 38.1. The Morgan fingerprint density at radius 2 is 1.71 bits per heavy atom. The van der Waals surface area contributed by atoms with Crippen LogP contribution in [-0.4, -0.2) is 20.1 Å². The second-order valence-corrected chi connectivity index (χ2v) is 10.3. The number of sulfonamides is 1. The molecule has 172 valence electrons. The zero-order valence-electron chi connectivity index (χ0n) is 18.2. The van der Waals surface area contributed by atoms with E-state index in [1.54, 1.807) is 24.3 Å². The molecule has 1 aliphatic carbocycles. The van der Waals surface area contributed by atoms with Crippen LogP contribution in [0.5, 0.6) is 17.2 Å². The number of amides is 1. The molecule has 1 fully saturated rings. The van der Waals surface area contributed by atoms with Gasteiger partial charge in [0.05, 0.1) is 17.4 Å². The molecule has 0 bridgehead atoms. The maximum atomic E-state index is 11.9. The molecule has 5 rings (SSSR count). The molecule has 3 aromatic rings. The van der Waals surface area contributed by atoms with E-state index < -0.39 is 15.9 Å². The number of carbonyl (C=O) groups excluding carboxylic acids is 1. The van der Waals surface area contributed by atoms with Crippen molar-refractivity contribution >= 4 is 15.9 Å². The summed E-state index contributed by atoms with van der Waals surface area (Å²) in [5, 5.41) is 8.96. The Hall–Kier alpha value is -3.83. The molecule has 0 radical (unpaired) electrons. The molecule has 1 saturated heterocycles. The maximum Gasteiger partial charge on any atom is 0.235 e. The number of hydrogen-bond donors (Lipinski definition) is 1. The fourth-order valence-corrected chi connectivity index (χ4v) is 5.88. The molecule has 8 heteroatoms. The van der Waals surface area contributed by atoms with Crippen molar-refractivity contribution in [2.75, 3.05) is 5.75 Å². The minimum atomic E-state index is -3.58. The van der Waals surface area contributed by atoms with E-state index in [0.717, 1.165) is 35.3 Å². The van der Waals surface area contributed by atoms with Crippen molar-refractivity contribution in [3.05, 3.63) is 89.0 Å². The predicted octanol–water partition coefficient (Wildman–Crippen LogP) is 4.35. The van der Waals surface area contributed by atoms with Crippen LogP contribution < -0.4 is 14.2 Å². The standard InChI is InChI=1S/C26H22N2O5S/c27-15-17-4-8-20(9-5-17)32-24-3-1-2-22-23(24)12-13-25(22)33-21-10-6-18(7-11-21)19-14-26(29)28-34(30,31)16-19/h1-11,19,25H,12-14,16H2,(H,28,29)/t19?,25-/m1/s1. The smallest absolute Gasteiger partial charge is 0.235 e. The summed E-state index contributed by atoms with van der Waals surface area (Å²) in [7, 11) is -3.58. The molecule has 1 amide bonds. The topological polar surface area (TPSA) is 105 Å². The predicted molar refractivity (Wildman–Crippen MR) is 125 cm³/mol. The van der Waals surface area contributed by atoms with Crippen molar-refractivity contribution in [1.82, 2.24) is 4.72 Å². The third-order valence-corrected chi connectivity index (χ3v) is 7.52. The van der Waals surface area contributed by atoms with Gasteiger partial charge in [0.15, 0.2) is 0 Å². The third-order valence-electron chi connectivity index (χ3n) is 6.14. The Morgan fingerprint density at radius 3 is 2.41 bits per heavy atom. The highest BCUT2D eigenvalue weighted by molar-refractivity contribution is 7.90. The van der Waals surface area contributed by atoms with Crippen LogP contribution >= 0.6 is 0 Å². The van der Waals surface area contributed by atoms with Crippen molar-refractivity contribution in [1.29, 1.82) is 5.26 Å². The van der Waals surface area contributed by atoms with E-state index in [1.165, 1.54) is 0 Å². The minimum absolute atomic E-state index is 0.100. The van der Waals surface area contributed by atoms with Crippen LogP contribution in [0.1, 0.15) is 47.1 Å². The largest absolute Gasteiger partial charge is 0.486 e. The van der Waals surface area contributed by atoms with Crippen LogP contribution in [0.15, 0.2) is 66.7 Å². The summed E-state index contributed by atoms with van der Waals surface area (Å²) in [4.78, 5) is 11.7. The molecule has 2 aliphatic rings. The van der Waals surface area contributed by atoms with Crippen molar-refractivity contribution in [2.45, 2.75) is 31.3 Å². The number of nitrogens with zero attached hydrogens (tertiary/aromatic N) is 1. The quantitative estimate of drug-likeness (QED) is 0.589. The van der Waals surface area contributed by atoms with Gasteiger partial charge in [-0.05, 0) is 66.4 Å². The molecule has 34 heavy (non-hydrogen) atoms. The van der Waals surface area contributed by atoms with Gasteiger partial charge in [-0.2, -0.15) is 5.26 Å². The van der Waals surface area contributed by atoms with Crippen molar-refractivity contribution in [2.24, 2.45) is 0 Å². The highest BCUT2D eigenvalue weighted by Crippen LogP contribution is 2.41. The Morgan fingerprint density at radius 1 is 0.971 bits per heavy atom. The van der Waals surface area contributed by atoms with E-state index in [-0.39, 0.29) is 24.2 Å². The van der Waals surface area contributed by atoms with E-state index in [4.69, 9.17) is 14.7 Å². The number of hydrogen-bond acceptors (Lipinski definition) is 6. The lowest BCUT2D eigenvalue weighted by atomic mass is 9.97. The van der Waals surface area contributed by atoms with Crippen molar-refractivity contribution in [3.63, 3.8) is 0 Å². The zero-order valence-corrected chi connectivity index (χ0v) is 19.0. The van der Waals surface area contributed by atoms with Gasteiger partial charge >= 0.3 is 0 Å². The average Bonchev–Trinajstić information content (AvgIpc) is 3.22. The Kier molecular flexibility index (Phi) is 5.72. The van der Waals surface area contributed by atoms with Gasteiger partial charge in [0.25, 0.3) is 0 Å². The van der Waals surface area contributed by atoms with Gasteiger partial charge in [-0.25, -0.2) is 8.42 Å². The molecule has 0 spiro atoms. The molecule has 3 aromatic carbocycles. The number of nitrogens with one attached hydrogen (secondary N) is 1. The van der Waals surface area contributed by atoms with E-state index in [0.29, 0.717) is 17.1 Å². The van der Waals surface area contributed by atoms with Crippen LogP contribution in [0.3, 0.4) is 0 Å². The van der Waals surface area contributed by atoms with Crippen LogP contribution in [-0.2, 0) is 21.2 Å². The molecule has 1 heterocycles. The molecule has 0 saturated carbocycles. The molecule has 7 nitrogen and oxygen atoms in total. The first-order valence-electron chi connectivity index (χ1n) is 11.0. The van der Waals surface area contributed by atoms with E-state index in [2.05, 4.69) is 6.07 Å². The Balaban J connectivity index is 1.29. The first-order valence-corrected chi connectivity index (χ1v) is 12.7. The molecule has 1 aliphatic heterocycles. The molecule has 1 N–H and O–H groups in total. The van der Waals surface area contributed by atoms with Gasteiger partial charge < -0.3 is 9.47 Å². The molecular formula is C26H22N2O5S. The fourth-order valence-electron chi connectivity index (χ4n) is 4.53. The highest BCUT2D eigenvalue weighted by Gasteiger charge is 2.31. The molecule has 0 aromatic heterocycles. The molecule has 2 atom stereocenters. The minimum Gasteiger partial charge on any atom is -0.486 e. The first-order chi connectivity index (χ1) is 16.4. The number of ether oxygens (including phenoxy) is 2. The fraction of sp³-hybridized carbons (Fsp3) is 0.231. The third kappa shape index (κ3) is 4.61. The van der Waals surface area contributed by atoms with E-state index in [1.807, 2.05) is 47.2 Å². The number of nitriles is 1. The summed E-state index contributed by atoms with van der Waals surface area (Å²) >= 11 is 0. The van der Waals surface area contributed by atoms with Crippen LogP contribution in [0, 0.1) is 11.3 Å². The van der Waals surface area contributed by atoms with Gasteiger partial charge in [0.2, 0.25) is 15.9 Å². The number of benzene rings is 3. The van der Waals surface area contributed by atoms with Crippen molar-refractivity contribution in [3.8, 4) is 23.3 Å². The van der Waals surface area contributed by atoms with Gasteiger partial charge in [0.1, 0.15) is 23.4 Å². The zero-order chi connectivity index (χ0) is 23.7. The Bertz CT molecular complexity index is 1380. The van der Waals surface area contributed by atoms with Gasteiger partial charge in [0, 0.05) is 17.9 Å². The lowest BCUT2D eigenvalue weighted by Crippen LogP contribution is -2.40. The average molecular weight is 475 g/mol. The summed E-state index contributed by atoms with van der Waals surface area (Å²) in [5.74, 6) is 1.20. The second-order valence-electron chi connectivity index (χ2n) is 8.48. The second kappa shape index (κ2) is 8.84. The lowest BCUT2D eigenvalue weighted by molar-refractivity contribution is -0.119. The first kappa shape index (κ1) is 22.0. The summed E-state index contributed by atoms with van der Waals surface area (Å²) in [6.45, 7) is 0. The summed E-state index contributed by atoms with van der Waals surface area (Å²) in [6, 6.07) is 22.3. The van der Waals surface area contributed by atoms with Crippen molar-refractivity contribution < 1.29 is 22.7 Å². The highest BCUT2D eigenvalue weighted by atomic mass is 32.2. The molecular weight excluding hydrogens is 452 g/mol. The number of rotatable bonds is 5. The van der Waals surface area contributed by atoms with Crippen LogP contribution in [0.4, 0.5) is 0 Å². The normalized spacial score (nSPS) is 20.6. The monoisotopic (exact) mass is 474 g/mol. The number of carbonyl (C=O) groups is 1. The maximum absolute atomic E-state index is 11.9. The van der Waals surface area contributed by atoms with Crippen LogP contribution in [0.2, 0.25) is 0 Å². The summed E-state index contributed by atoms with van der Waals surface area (Å²) in [6.07, 6.45) is 1.66. The van der Waals surface area contributed by atoms with E-state index >= 15 is 0 Å². The van der Waals surface area contributed by atoms with Gasteiger partial charge in [-0.15, -0.1) is 0 Å². The lowest BCUT2D eigenvalue weighted by Gasteiger charge is -2.23. The van der Waals surface area contributed by atoms with Gasteiger partial charge in [-0.3, -0.25) is 9.52 Å². The summed E-state index contributed by atoms with van der Waals surface area (Å²) in [5.41, 5.74) is 3.56. The SMILES string of the molecule is N#Cc1ccc(Oc2cccc3c2CC[C@H]3Oc2ccc(C3CC(=O)NS(=O)(=O)C3)cc2)cc1. The molecule has 1 unspecified atom stereocenters. The van der Waals surface area contributed by atoms with E-state index in [9.17, 15) is 13.2 Å². The Labute approximate surface area is 198 Å².